The molecule has 0 bridgehead atoms. The van der Waals surface area contributed by atoms with E-state index in [9.17, 15) is 9.90 Å². The van der Waals surface area contributed by atoms with Crippen LogP contribution in [0.4, 0.5) is 4.79 Å². The Bertz CT molecular complexity index is 1050. The van der Waals surface area contributed by atoms with Gasteiger partial charge >= 0.3 is 6.09 Å². The smallest absolute Gasteiger partial charge is 0.407 e. The number of carbonyl (C=O) groups is 1. The first-order chi connectivity index (χ1) is 14.6. The molecule has 0 saturated carbocycles. The van der Waals surface area contributed by atoms with Crippen LogP contribution in [0.2, 0.25) is 0 Å². The molecule has 0 saturated heterocycles. The second-order valence-corrected chi connectivity index (χ2v) is 7.30. The van der Waals surface area contributed by atoms with E-state index in [1.807, 2.05) is 37.3 Å². The number of fused-ring (bicyclic) bond motifs is 3. The van der Waals surface area contributed by atoms with Crippen LogP contribution in [0.25, 0.3) is 17.2 Å². The Morgan fingerprint density at radius 1 is 1.07 bits per heavy atom. The number of hydrogen-bond donors (Lipinski definition) is 2. The Labute approximate surface area is 176 Å². The minimum absolute atomic E-state index is 0.0541. The van der Waals surface area contributed by atoms with E-state index in [4.69, 9.17) is 4.74 Å². The molecule has 30 heavy (non-hydrogen) atoms. The largest absolute Gasteiger partial charge is 0.506 e. The van der Waals surface area contributed by atoms with Crippen molar-refractivity contribution in [2.24, 2.45) is 0 Å². The molecule has 1 heterocycles. The van der Waals surface area contributed by atoms with Crippen molar-refractivity contribution in [1.29, 1.82) is 0 Å². The van der Waals surface area contributed by atoms with E-state index in [2.05, 4.69) is 34.6 Å². The standard InChI is InChI=1S/C25H24N2O3/c1-17-13-14-24(28)23(27-17)12-6-7-15-26-25(29)30-16-22-20-10-4-2-8-18(20)19-9-3-5-11-21(19)22/h2-6,8-14,22,28H,7,15-16H2,1H3,(H,26,29). The highest BCUT2D eigenvalue weighted by Gasteiger charge is 2.28. The molecular formula is C25H24N2O3. The number of pyridine rings is 1. The summed E-state index contributed by atoms with van der Waals surface area (Å²) in [5.41, 5.74) is 6.17. The molecule has 0 spiro atoms. The molecule has 0 unspecified atom stereocenters. The van der Waals surface area contributed by atoms with E-state index < -0.39 is 6.09 Å². The number of aryl methyl sites for hydroxylation is 1. The van der Waals surface area contributed by atoms with Crippen LogP contribution in [0.3, 0.4) is 0 Å². The summed E-state index contributed by atoms with van der Waals surface area (Å²) < 4.78 is 5.51. The monoisotopic (exact) mass is 400 g/mol. The van der Waals surface area contributed by atoms with Crippen LogP contribution in [0.1, 0.15) is 34.9 Å². The summed E-state index contributed by atoms with van der Waals surface area (Å²) in [6.07, 6.45) is 3.80. The second-order valence-electron chi connectivity index (χ2n) is 7.30. The Morgan fingerprint density at radius 3 is 2.43 bits per heavy atom. The Kier molecular flexibility index (Phi) is 5.80. The predicted octanol–water partition coefficient (Wildman–Crippen LogP) is 5.04. The quantitative estimate of drug-likeness (QED) is 0.569. The van der Waals surface area contributed by atoms with Crippen molar-refractivity contribution >= 4 is 12.2 Å². The summed E-state index contributed by atoms with van der Waals surface area (Å²) in [6.45, 7) is 2.62. The number of benzene rings is 2. The average Bonchev–Trinajstić information content (AvgIpc) is 3.08. The molecule has 4 rings (SSSR count). The third-order valence-electron chi connectivity index (χ3n) is 5.24. The molecule has 1 amide bonds. The van der Waals surface area contributed by atoms with E-state index in [-0.39, 0.29) is 11.7 Å². The topological polar surface area (TPSA) is 71.5 Å². The van der Waals surface area contributed by atoms with Gasteiger partial charge in [0, 0.05) is 18.2 Å². The van der Waals surface area contributed by atoms with Gasteiger partial charge in [0.25, 0.3) is 0 Å². The van der Waals surface area contributed by atoms with Crippen molar-refractivity contribution < 1.29 is 14.6 Å². The van der Waals surface area contributed by atoms with Crippen LogP contribution in [-0.2, 0) is 4.74 Å². The van der Waals surface area contributed by atoms with Crippen LogP contribution in [0, 0.1) is 6.92 Å². The second kappa shape index (κ2) is 8.82. The van der Waals surface area contributed by atoms with Crippen LogP contribution in [0.15, 0.2) is 66.7 Å². The molecule has 2 aromatic carbocycles. The van der Waals surface area contributed by atoms with Gasteiger partial charge in [0.05, 0.1) is 0 Å². The first-order valence-corrected chi connectivity index (χ1v) is 10.1. The van der Waals surface area contributed by atoms with E-state index in [0.29, 0.717) is 25.3 Å². The average molecular weight is 400 g/mol. The highest BCUT2D eigenvalue weighted by atomic mass is 16.5. The molecule has 1 aliphatic carbocycles. The molecule has 0 aliphatic heterocycles. The van der Waals surface area contributed by atoms with Gasteiger partial charge in [0.2, 0.25) is 0 Å². The van der Waals surface area contributed by atoms with Gasteiger partial charge in [-0.05, 0) is 53.8 Å². The van der Waals surface area contributed by atoms with Crippen molar-refractivity contribution in [2.75, 3.05) is 13.2 Å². The van der Waals surface area contributed by atoms with E-state index in [1.54, 1.807) is 18.2 Å². The lowest BCUT2D eigenvalue weighted by Gasteiger charge is -2.14. The first kappa shape index (κ1) is 19.7. The lowest BCUT2D eigenvalue weighted by atomic mass is 9.98. The van der Waals surface area contributed by atoms with Gasteiger partial charge in [-0.15, -0.1) is 0 Å². The number of ether oxygens (including phenoxy) is 1. The third-order valence-corrected chi connectivity index (χ3v) is 5.24. The fraction of sp³-hybridized carbons (Fsp3) is 0.200. The van der Waals surface area contributed by atoms with Crippen LogP contribution >= 0.6 is 0 Å². The van der Waals surface area contributed by atoms with Gasteiger partial charge < -0.3 is 15.2 Å². The fourth-order valence-electron chi connectivity index (χ4n) is 3.79. The van der Waals surface area contributed by atoms with Crippen molar-refractivity contribution in [3.05, 3.63) is 89.3 Å². The minimum Gasteiger partial charge on any atom is -0.506 e. The fourth-order valence-corrected chi connectivity index (χ4v) is 3.79. The zero-order valence-electron chi connectivity index (χ0n) is 16.8. The van der Waals surface area contributed by atoms with Gasteiger partial charge in [-0.3, -0.25) is 0 Å². The van der Waals surface area contributed by atoms with Gasteiger partial charge in [-0.2, -0.15) is 0 Å². The molecule has 1 aliphatic rings. The first-order valence-electron chi connectivity index (χ1n) is 10.1. The van der Waals surface area contributed by atoms with Crippen molar-refractivity contribution in [1.82, 2.24) is 10.3 Å². The maximum atomic E-state index is 12.1. The molecule has 5 nitrogen and oxygen atoms in total. The molecule has 3 aromatic rings. The molecule has 5 heteroatoms. The highest BCUT2D eigenvalue weighted by Crippen LogP contribution is 2.44. The number of nitrogens with one attached hydrogen (secondary N) is 1. The molecule has 2 N–H and O–H groups in total. The summed E-state index contributed by atoms with van der Waals surface area (Å²) in [4.78, 5) is 16.4. The molecule has 0 radical (unpaired) electrons. The van der Waals surface area contributed by atoms with Crippen LogP contribution < -0.4 is 5.32 Å². The van der Waals surface area contributed by atoms with Crippen LogP contribution in [0.5, 0.6) is 5.75 Å². The molecule has 1 aromatic heterocycles. The van der Waals surface area contributed by atoms with Gasteiger partial charge in [0.15, 0.2) is 0 Å². The molecule has 0 fully saturated rings. The summed E-state index contributed by atoms with van der Waals surface area (Å²) in [6, 6.07) is 19.9. The lowest BCUT2D eigenvalue weighted by Crippen LogP contribution is -2.26. The minimum atomic E-state index is -0.429. The number of aromatic nitrogens is 1. The number of carbonyl (C=O) groups excluding carboxylic acids is 1. The molecular weight excluding hydrogens is 376 g/mol. The lowest BCUT2D eigenvalue weighted by molar-refractivity contribution is 0.143. The normalized spacial score (nSPS) is 12.6. The summed E-state index contributed by atoms with van der Waals surface area (Å²) in [5.74, 6) is 0.194. The zero-order chi connectivity index (χ0) is 20.9. The van der Waals surface area contributed by atoms with E-state index >= 15 is 0 Å². The van der Waals surface area contributed by atoms with E-state index in [0.717, 1.165) is 5.69 Å². The maximum absolute atomic E-state index is 12.1. The SMILES string of the molecule is Cc1ccc(O)c(C=CCCNC(=O)OCC2c3ccccc3-c3ccccc32)n1. The highest BCUT2D eigenvalue weighted by molar-refractivity contribution is 5.79. The Hall–Kier alpha value is -3.60. The number of alkyl carbamates (subject to hydrolysis) is 1. The van der Waals surface area contributed by atoms with E-state index in [1.165, 1.54) is 22.3 Å². The van der Waals surface area contributed by atoms with Gasteiger partial charge in [-0.25, -0.2) is 9.78 Å². The maximum Gasteiger partial charge on any atom is 0.407 e. The summed E-state index contributed by atoms with van der Waals surface area (Å²) in [5, 5.41) is 12.6. The third kappa shape index (κ3) is 4.20. The van der Waals surface area contributed by atoms with Crippen molar-refractivity contribution in [2.45, 2.75) is 19.3 Å². The van der Waals surface area contributed by atoms with Gasteiger partial charge in [-0.1, -0.05) is 54.6 Å². The summed E-state index contributed by atoms with van der Waals surface area (Å²) >= 11 is 0. The van der Waals surface area contributed by atoms with Crippen molar-refractivity contribution in [3.63, 3.8) is 0 Å². The molecule has 152 valence electrons. The number of rotatable bonds is 6. The number of amides is 1. The Morgan fingerprint density at radius 2 is 1.73 bits per heavy atom. The number of aromatic hydroxyl groups is 1. The number of hydrogen-bond acceptors (Lipinski definition) is 4. The predicted molar refractivity (Wildman–Crippen MR) is 117 cm³/mol. The van der Waals surface area contributed by atoms with Crippen molar-refractivity contribution in [3.8, 4) is 16.9 Å². The van der Waals surface area contributed by atoms with Crippen LogP contribution in [-0.4, -0.2) is 29.3 Å². The van der Waals surface area contributed by atoms with Gasteiger partial charge in [0.1, 0.15) is 18.1 Å². The molecule has 0 atom stereocenters. The Balaban J connectivity index is 1.28. The zero-order valence-corrected chi connectivity index (χ0v) is 16.8. The number of nitrogens with zero attached hydrogens (tertiary/aromatic N) is 1. The summed E-state index contributed by atoms with van der Waals surface area (Å²) in [7, 11) is 0.